The van der Waals surface area contributed by atoms with Crippen molar-refractivity contribution in [3.05, 3.63) is 0 Å². The molecule has 2 saturated heterocycles. The minimum atomic E-state index is -0.295. The van der Waals surface area contributed by atoms with Gasteiger partial charge in [0, 0.05) is 13.1 Å². The maximum absolute atomic E-state index is 10.9. The summed E-state index contributed by atoms with van der Waals surface area (Å²) in [5.74, 6) is 0. The van der Waals surface area contributed by atoms with Crippen LogP contribution in [0, 0.1) is 0 Å². The van der Waals surface area contributed by atoms with Crippen LogP contribution in [-0.4, -0.2) is 41.3 Å². The molecule has 0 saturated carbocycles. The predicted octanol–water partition coefficient (Wildman–Crippen LogP) is -0.855. The van der Waals surface area contributed by atoms with Crippen LogP contribution >= 0.6 is 0 Å². The minimum absolute atomic E-state index is 0.0263. The standard InChI is InChI=1S/C6H10N2O2/c9-5-1-4-2-7-6(10)8(4)3-5/h4-5,9H,1-3H2,(H,7,10)/t4-,5-/m0/s1. The second-order valence-corrected chi connectivity index (χ2v) is 2.88. The van der Waals surface area contributed by atoms with E-state index in [2.05, 4.69) is 5.32 Å². The fourth-order valence-electron chi connectivity index (χ4n) is 1.64. The molecular formula is C6H10N2O2. The van der Waals surface area contributed by atoms with Crippen molar-refractivity contribution in [2.45, 2.75) is 18.6 Å². The Labute approximate surface area is 58.8 Å². The molecule has 2 atom stereocenters. The van der Waals surface area contributed by atoms with E-state index in [1.165, 1.54) is 0 Å². The molecule has 0 aromatic carbocycles. The zero-order valence-corrected chi connectivity index (χ0v) is 5.58. The monoisotopic (exact) mass is 142 g/mol. The smallest absolute Gasteiger partial charge is 0.317 e. The Bertz CT molecular complexity index is 171. The third-order valence-corrected chi connectivity index (χ3v) is 2.14. The summed E-state index contributed by atoms with van der Waals surface area (Å²) in [6.45, 7) is 1.21. The molecular weight excluding hydrogens is 132 g/mol. The molecule has 4 heteroatoms. The molecule has 0 bridgehead atoms. The van der Waals surface area contributed by atoms with Gasteiger partial charge in [-0.1, -0.05) is 0 Å². The molecule has 0 aliphatic carbocycles. The zero-order chi connectivity index (χ0) is 7.14. The number of urea groups is 1. The second kappa shape index (κ2) is 1.85. The lowest BCUT2D eigenvalue weighted by molar-refractivity contribution is 0.174. The number of aliphatic hydroxyl groups is 1. The lowest BCUT2D eigenvalue weighted by Gasteiger charge is -2.10. The van der Waals surface area contributed by atoms with Gasteiger partial charge in [-0.15, -0.1) is 0 Å². The van der Waals surface area contributed by atoms with Crippen molar-refractivity contribution in [1.82, 2.24) is 10.2 Å². The molecule has 2 aliphatic heterocycles. The summed E-state index contributed by atoms with van der Waals surface area (Å²) in [5, 5.41) is 11.8. The van der Waals surface area contributed by atoms with Crippen LogP contribution in [0.5, 0.6) is 0 Å². The normalized spacial score (nSPS) is 38.1. The van der Waals surface area contributed by atoms with Crippen molar-refractivity contribution in [1.29, 1.82) is 0 Å². The van der Waals surface area contributed by atoms with Gasteiger partial charge in [0.05, 0.1) is 12.1 Å². The quantitative estimate of drug-likeness (QED) is 0.462. The van der Waals surface area contributed by atoms with Gasteiger partial charge in [-0.3, -0.25) is 0 Å². The number of fused-ring (bicyclic) bond motifs is 1. The number of rotatable bonds is 0. The first-order valence-corrected chi connectivity index (χ1v) is 3.50. The Kier molecular flexibility index (Phi) is 1.11. The number of carbonyl (C=O) groups is 1. The number of hydrogen-bond acceptors (Lipinski definition) is 2. The lowest BCUT2D eigenvalue weighted by Crippen LogP contribution is -2.30. The maximum atomic E-state index is 10.9. The Balaban J connectivity index is 2.12. The molecule has 0 aromatic heterocycles. The van der Waals surface area contributed by atoms with E-state index in [1.54, 1.807) is 4.90 Å². The van der Waals surface area contributed by atoms with Gasteiger partial charge in [0.2, 0.25) is 0 Å². The SMILES string of the molecule is O=C1NC[C@@H]2C[C@H](O)CN12. The third-order valence-electron chi connectivity index (χ3n) is 2.14. The van der Waals surface area contributed by atoms with Crippen molar-refractivity contribution in [2.24, 2.45) is 0 Å². The van der Waals surface area contributed by atoms with Crippen molar-refractivity contribution in [2.75, 3.05) is 13.1 Å². The summed E-state index contributed by atoms with van der Waals surface area (Å²) in [7, 11) is 0. The van der Waals surface area contributed by atoms with Crippen molar-refractivity contribution < 1.29 is 9.90 Å². The third kappa shape index (κ3) is 0.686. The molecule has 2 aliphatic rings. The fraction of sp³-hybridized carbons (Fsp3) is 0.833. The van der Waals surface area contributed by atoms with E-state index in [0.29, 0.717) is 13.1 Å². The highest BCUT2D eigenvalue weighted by atomic mass is 16.3. The van der Waals surface area contributed by atoms with Gasteiger partial charge in [0.15, 0.2) is 0 Å². The largest absolute Gasteiger partial charge is 0.391 e. The first-order valence-electron chi connectivity index (χ1n) is 3.50. The molecule has 10 heavy (non-hydrogen) atoms. The lowest BCUT2D eigenvalue weighted by atomic mass is 10.2. The average Bonchev–Trinajstić information content (AvgIpc) is 2.35. The van der Waals surface area contributed by atoms with Crippen molar-refractivity contribution in [3.8, 4) is 0 Å². The number of carbonyl (C=O) groups excluding carboxylic acids is 1. The first kappa shape index (κ1) is 5.97. The zero-order valence-electron chi connectivity index (χ0n) is 5.58. The van der Waals surface area contributed by atoms with Gasteiger partial charge < -0.3 is 15.3 Å². The second-order valence-electron chi connectivity index (χ2n) is 2.88. The number of nitrogens with zero attached hydrogens (tertiary/aromatic N) is 1. The molecule has 2 rings (SSSR count). The van der Waals surface area contributed by atoms with Crippen LogP contribution in [0.3, 0.4) is 0 Å². The summed E-state index contributed by atoms with van der Waals surface area (Å²) in [4.78, 5) is 12.6. The number of aliphatic hydroxyl groups excluding tert-OH is 1. The van der Waals surface area contributed by atoms with Gasteiger partial charge in [-0.25, -0.2) is 4.79 Å². The van der Waals surface area contributed by atoms with Crippen LogP contribution in [0.15, 0.2) is 0 Å². The molecule has 0 radical (unpaired) electrons. The average molecular weight is 142 g/mol. The van der Waals surface area contributed by atoms with Crippen LogP contribution in [0.1, 0.15) is 6.42 Å². The Hall–Kier alpha value is -0.770. The maximum Gasteiger partial charge on any atom is 0.317 e. The van der Waals surface area contributed by atoms with Gasteiger partial charge in [0.25, 0.3) is 0 Å². The van der Waals surface area contributed by atoms with Crippen LogP contribution in [0.2, 0.25) is 0 Å². The summed E-state index contributed by atoms with van der Waals surface area (Å²) in [6, 6.07) is 0.226. The van der Waals surface area contributed by atoms with Crippen LogP contribution in [-0.2, 0) is 0 Å². The number of nitrogens with one attached hydrogen (secondary N) is 1. The van der Waals surface area contributed by atoms with Crippen molar-refractivity contribution >= 4 is 6.03 Å². The molecule has 2 N–H and O–H groups in total. The van der Waals surface area contributed by atoms with Crippen LogP contribution < -0.4 is 5.32 Å². The van der Waals surface area contributed by atoms with Crippen molar-refractivity contribution in [3.63, 3.8) is 0 Å². The fourth-order valence-corrected chi connectivity index (χ4v) is 1.64. The van der Waals surface area contributed by atoms with E-state index in [9.17, 15) is 4.79 Å². The Morgan fingerprint density at radius 2 is 2.50 bits per heavy atom. The molecule has 0 spiro atoms. The summed E-state index contributed by atoms with van der Waals surface area (Å²) >= 11 is 0. The molecule has 56 valence electrons. The molecule has 2 fully saturated rings. The van der Waals surface area contributed by atoms with E-state index < -0.39 is 0 Å². The molecule has 2 amide bonds. The minimum Gasteiger partial charge on any atom is -0.391 e. The molecule has 4 nitrogen and oxygen atoms in total. The van der Waals surface area contributed by atoms with E-state index in [0.717, 1.165) is 6.42 Å². The van der Waals surface area contributed by atoms with Gasteiger partial charge >= 0.3 is 6.03 Å². The summed E-state index contributed by atoms with van der Waals surface area (Å²) in [5.41, 5.74) is 0. The topological polar surface area (TPSA) is 52.6 Å². The molecule has 2 heterocycles. The molecule has 0 aromatic rings. The van der Waals surface area contributed by atoms with E-state index >= 15 is 0 Å². The van der Waals surface area contributed by atoms with Crippen LogP contribution in [0.4, 0.5) is 4.79 Å². The van der Waals surface area contributed by atoms with Gasteiger partial charge in [0.1, 0.15) is 0 Å². The number of amides is 2. The number of hydrogen-bond donors (Lipinski definition) is 2. The van der Waals surface area contributed by atoms with Crippen LogP contribution in [0.25, 0.3) is 0 Å². The highest BCUT2D eigenvalue weighted by Crippen LogP contribution is 2.20. The summed E-state index contributed by atoms with van der Waals surface area (Å²) in [6.07, 6.45) is 0.440. The Morgan fingerprint density at radius 1 is 1.70 bits per heavy atom. The van der Waals surface area contributed by atoms with E-state index in [-0.39, 0.29) is 18.2 Å². The highest BCUT2D eigenvalue weighted by Gasteiger charge is 2.38. The highest BCUT2D eigenvalue weighted by molar-refractivity contribution is 5.77. The van der Waals surface area contributed by atoms with E-state index in [4.69, 9.17) is 5.11 Å². The first-order chi connectivity index (χ1) is 4.77. The Morgan fingerprint density at radius 3 is 3.20 bits per heavy atom. The predicted molar refractivity (Wildman–Crippen MR) is 34.5 cm³/mol. The van der Waals surface area contributed by atoms with Gasteiger partial charge in [-0.2, -0.15) is 0 Å². The van der Waals surface area contributed by atoms with E-state index in [1.807, 2.05) is 0 Å². The summed E-state index contributed by atoms with van der Waals surface area (Å²) < 4.78 is 0. The van der Waals surface area contributed by atoms with Gasteiger partial charge in [-0.05, 0) is 6.42 Å². The molecule has 0 unspecified atom stereocenters.